The Morgan fingerprint density at radius 3 is 2.74 bits per heavy atom. The van der Waals surface area contributed by atoms with E-state index in [2.05, 4.69) is 16.8 Å². The highest BCUT2D eigenvalue weighted by atomic mass is 19.1. The number of carbonyl (C=O) groups is 1. The lowest BCUT2D eigenvalue weighted by atomic mass is 9.96. The molecule has 0 aliphatic carbocycles. The van der Waals surface area contributed by atoms with Crippen LogP contribution in [0, 0.1) is 24.6 Å². The van der Waals surface area contributed by atoms with Gasteiger partial charge in [0, 0.05) is 45.2 Å². The second-order valence-electron chi connectivity index (χ2n) is 8.21. The Morgan fingerprint density at radius 2 is 1.96 bits per heavy atom. The summed E-state index contributed by atoms with van der Waals surface area (Å²) < 4.78 is 13.5. The summed E-state index contributed by atoms with van der Waals surface area (Å²) in [6.45, 7) is 8.55. The van der Waals surface area contributed by atoms with Crippen molar-refractivity contribution in [1.29, 1.82) is 0 Å². The Hall–Kier alpha value is -1.50. The minimum atomic E-state index is -0.304. The standard InChI is InChI=1S/C21H32FN3O2/c1-16-4-5-20(22)10-17(16)11-21(27)25-13-18(19(14-25)15-26)12-24-7-3-6-23(2)8-9-24/h4-5,10,18-19,26H,3,6-9,11-15H2,1-2H3/t18-,19-/m1/s1. The van der Waals surface area contributed by atoms with E-state index in [1.807, 2.05) is 11.8 Å². The molecule has 2 saturated heterocycles. The highest BCUT2D eigenvalue weighted by Gasteiger charge is 2.35. The number of carbonyl (C=O) groups excluding carboxylic acids is 1. The number of aryl methyl sites for hydroxylation is 1. The van der Waals surface area contributed by atoms with E-state index in [1.165, 1.54) is 12.1 Å². The fourth-order valence-corrected chi connectivity index (χ4v) is 4.28. The molecule has 0 radical (unpaired) electrons. The van der Waals surface area contributed by atoms with E-state index >= 15 is 0 Å². The van der Waals surface area contributed by atoms with E-state index in [0.29, 0.717) is 19.0 Å². The predicted octanol–water partition coefficient (Wildman–Crippen LogP) is 1.38. The normalized spacial score (nSPS) is 25.0. The first-order valence-electron chi connectivity index (χ1n) is 10.0. The summed E-state index contributed by atoms with van der Waals surface area (Å²) in [4.78, 5) is 19.5. The molecular formula is C21H32FN3O2. The maximum Gasteiger partial charge on any atom is 0.227 e. The maximum absolute atomic E-state index is 13.5. The molecule has 0 spiro atoms. The topological polar surface area (TPSA) is 47.0 Å². The molecule has 2 aliphatic rings. The zero-order chi connectivity index (χ0) is 19.4. The smallest absolute Gasteiger partial charge is 0.227 e. The molecule has 27 heavy (non-hydrogen) atoms. The van der Waals surface area contributed by atoms with Gasteiger partial charge in [-0.05, 0) is 62.7 Å². The van der Waals surface area contributed by atoms with Crippen LogP contribution in [0.25, 0.3) is 0 Å². The molecular weight excluding hydrogens is 345 g/mol. The molecule has 0 saturated carbocycles. The van der Waals surface area contributed by atoms with Crippen molar-refractivity contribution in [3.05, 3.63) is 35.1 Å². The summed E-state index contributed by atoms with van der Waals surface area (Å²) in [5.74, 6) is 0.154. The molecule has 0 bridgehead atoms. The fourth-order valence-electron chi connectivity index (χ4n) is 4.28. The van der Waals surface area contributed by atoms with Crippen molar-refractivity contribution in [3.8, 4) is 0 Å². The Bertz CT molecular complexity index is 654. The first kappa shape index (κ1) is 20.2. The maximum atomic E-state index is 13.5. The van der Waals surface area contributed by atoms with Crippen molar-refractivity contribution in [2.75, 3.05) is 59.5 Å². The van der Waals surface area contributed by atoms with Gasteiger partial charge in [-0.15, -0.1) is 0 Å². The first-order chi connectivity index (χ1) is 13.0. The summed E-state index contributed by atoms with van der Waals surface area (Å²) in [6, 6.07) is 4.60. The lowest BCUT2D eigenvalue weighted by Gasteiger charge is -2.26. The van der Waals surface area contributed by atoms with E-state index < -0.39 is 0 Å². The van der Waals surface area contributed by atoms with Crippen LogP contribution < -0.4 is 0 Å². The Balaban J connectivity index is 1.59. The average molecular weight is 378 g/mol. The summed E-state index contributed by atoms with van der Waals surface area (Å²) in [6.07, 6.45) is 1.39. The van der Waals surface area contributed by atoms with Crippen LogP contribution in [-0.2, 0) is 11.2 Å². The third-order valence-corrected chi connectivity index (χ3v) is 6.12. The number of aliphatic hydroxyl groups is 1. The minimum Gasteiger partial charge on any atom is -0.396 e. The van der Waals surface area contributed by atoms with Crippen molar-refractivity contribution in [3.63, 3.8) is 0 Å². The van der Waals surface area contributed by atoms with Crippen LogP contribution in [0.1, 0.15) is 17.5 Å². The van der Waals surface area contributed by atoms with Gasteiger partial charge < -0.3 is 19.8 Å². The van der Waals surface area contributed by atoms with Gasteiger partial charge in [0.15, 0.2) is 0 Å². The lowest BCUT2D eigenvalue weighted by molar-refractivity contribution is -0.129. The molecule has 6 heteroatoms. The molecule has 1 aromatic rings. The van der Waals surface area contributed by atoms with Crippen LogP contribution >= 0.6 is 0 Å². The molecule has 150 valence electrons. The largest absolute Gasteiger partial charge is 0.396 e. The number of halogens is 1. The number of amides is 1. The monoisotopic (exact) mass is 377 g/mol. The minimum absolute atomic E-state index is 0.0280. The zero-order valence-corrected chi connectivity index (χ0v) is 16.5. The van der Waals surface area contributed by atoms with Crippen molar-refractivity contribution in [2.24, 2.45) is 11.8 Å². The molecule has 2 heterocycles. The van der Waals surface area contributed by atoms with Crippen molar-refractivity contribution < 1.29 is 14.3 Å². The van der Waals surface area contributed by atoms with Gasteiger partial charge >= 0.3 is 0 Å². The zero-order valence-electron chi connectivity index (χ0n) is 16.5. The highest BCUT2D eigenvalue weighted by Crippen LogP contribution is 2.25. The van der Waals surface area contributed by atoms with E-state index in [1.54, 1.807) is 6.07 Å². The molecule has 1 amide bonds. The fraction of sp³-hybridized carbons (Fsp3) is 0.667. The molecule has 2 atom stereocenters. The first-order valence-corrected chi connectivity index (χ1v) is 10.0. The summed E-state index contributed by atoms with van der Waals surface area (Å²) >= 11 is 0. The van der Waals surface area contributed by atoms with E-state index in [9.17, 15) is 14.3 Å². The van der Waals surface area contributed by atoms with Gasteiger partial charge in [-0.25, -0.2) is 4.39 Å². The highest BCUT2D eigenvalue weighted by molar-refractivity contribution is 5.79. The third-order valence-electron chi connectivity index (χ3n) is 6.12. The summed E-state index contributed by atoms with van der Waals surface area (Å²) in [5.41, 5.74) is 1.69. The number of hydrogen-bond donors (Lipinski definition) is 1. The SMILES string of the molecule is Cc1ccc(F)cc1CC(=O)N1C[C@@H](CN2CCCN(C)CC2)[C@@H](CO)C1. The van der Waals surface area contributed by atoms with Gasteiger partial charge in [-0.1, -0.05) is 6.07 Å². The van der Waals surface area contributed by atoms with Crippen molar-refractivity contribution >= 4 is 5.91 Å². The number of likely N-dealkylation sites (tertiary alicyclic amines) is 1. The molecule has 2 fully saturated rings. The molecule has 1 N–H and O–H groups in total. The third kappa shape index (κ3) is 5.27. The van der Waals surface area contributed by atoms with Gasteiger partial charge in [0.05, 0.1) is 6.42 Å². The molecule has 1 aromatic carbocycles. The van der Waals surface area contributed by atoms with Crippen LogP contribution in [0.5, 0.6) is 0 Å². The van der Waals surface area contributed by atoms with Crippen LogP contribution in [-0.4, -0.2) is 85.2 Å². The van der Waals surface area contributed by atoms with E-state index in [4.69, 9.17) is 0 Å². The second kappa shape index (κ2) is 9.13. The van der Waals surface area contributed by atoms with Crippen LogP contribution in [0.3, 0.4) is 0 Å². The number of hydrogen-bond acceptors (Lipinski definition) is 4. The van der Waals surface area contributed by atoms with E-state index in [0.717, 1.165) is 50.3 Å². The molecule has 0 aromatic heterocycles. The van der Waals surface area contributed by atoms with Gasteiger partial charge in [-0.3, -0.25) is 4.79 Å². The van der Waals surface area contributed by atoms with Crippen LogP contribution in [0.2, 0.25) is 0 Å². The predicted molar refractivity (Wildman–Crippen MR) is 104 cm³/mol. The van der Waals surface area contributed by atoms with Crippen LogP contribution in [0.15, 0.2) is 18.2 Å². The molecule has 2 aliphatic heterocycles. The second-order valence-corrected chi connectivity index (χ2v) is 8.21. The lowest BCUT2D eigenvalue weighted by Crippen LogP contribution is -2.36. The Morgan fingerprint density at radius 1 is 1.19 bits per heavy atom. The van der Waals surface area contributed by atoms with Crippen LogP contribution in [0.4, 0.5) is 4.39 Å². The number of benzene rings is 1. The summed E-state index contributed by atoms with van der Waals surface area (Å²) in [5, 5.41) is 9.82. The number of aliphatic hydroxyl groups excluding tert-OH is 1. The number of rotatable bonds is 5. The van der Waals surface area contributed by atoms with Gasteiger partial charge in [0.25, 0.3) is 0 Å². The van der Waals surface area contributed by atoms with Gasteiger partial charge in [0.1, 0.15) is 5.82 Å². The van der Waals surface area contributed by atoms with Gasteiger partial charge in [0.2, 0.25) is 5.91 Å². The molecule has 0 unspecified atom stereocenters. The van der Waals surface area contributed by atoms with Crippen molar-refractivity contribution in [2.45, 2.75) is 19.8 Å². The van der Waals surface area contributed by atoms with Crippen molar-refractivity contribution in [1.82, 2.24) is 14.7 Å². The Labute approximate surface area is 161 Å². The van der Waals surface area contributed by atoms with E-state index in [-0.39, 0.29) is 30.7 Å². The quantitative estimate of drug-likeness (QED) is 0.842. The average Bonchev–Trinajstić information content (AvgIpc) is 2.94. The molecule has 3 rings (SSSR count). The number of nitrogens with zero attached hydrogens (tertiary/aromatic N) is 3. The van der Waals surface area contributed by atoms with Gasteiger partial charge in [-0.2, -0.15) is 0 Å². The Kier molecular flexibility index (Phi) is 6.84. The molecule has 5 nitrogen and oxygen atoms in total. The summed E-state index contributed by atoms with van der Waals surface area (Å²) in [7, 11) is 2.16. The number of likely N-dealkylation sites (N-methyl/N-ethyl adjacent to an activating group) is 1.